The van der Waals surface area contributed by atoms with E-state index in [1.165, 1.54) is 12.0 Å². The van der Waals surface area contributed by atoms with E-state index < -0.39 is 0 Å². The van der Waals surface area contributed by atoms with Crippen molar-refractivity contribution in [2.75, 3.05) is 18.4 Å². The van der Waals surface area contributed by atoms with Gasteiger partial charge in [-0.3, -0.25) is 4.79 Å². The Morgan fingerprint density at radius 3 is 2.81 bits per heavy atom. The van der Waals surface area contributed by atoms with Crippen molar-refractivity contribution < 1.29 is 4.79 Å². The average Bonchev–Trinajstić information content (AvgIpc) is 2.47. The van der Waals surface area contributed by atoms with Crippen molar-refractivity contribution in [3.05, 3.63) is 29.3 Å². The van der Waals surface area contributed by atoms with Gasteiger partial charge in [0.25, 0.3) is 5.91 Å². The fourth-order valence-corrected chi connectivity index (χ4v) is 2.98. The number of likely N-dealkylation sites (tertiary alicyclic amines) is 1. The van der Waals surface area contributed by atoms with Crippen LogP contribution in [0, 0.1) is 12.8 Å². The number of rotatable bonds is 4. The number of hydrogen-bond donors (Lipinski definition) is 1. The highest BCUT2D eigenvalue weighted by Crippen LogP contribution is 2.26. The lowest BCUT2D eigenvalue weighted by Gasteiger charge is -2.37. The molecule has 2 rings (SSSR count). The second kappa shape index (κ2) is 6.97. The van der Waals surface area contributed by atoms with Crippen molar-refractivity contribution in [3.63, 3.8) is 0 Å². The fraction of sp³-hybridized carbons (Fsp3) is 0.611. The second-order valence-electron chi connectivity index (χ2n) is 6.46. The van der Waals surface area contributed by atoms with Gasteiger partial charge in [0.05, 0.1) is 5.56 Å². The van der Waals surface area contributed by atoms with Crippen molar-refractivity contribution in [2.45, 2.75) is 53.0 Å². The number of carbonyl (C=O) groups is 1. The van der Waals surface area contributed by atoms with E-state index in [0.717, 1.165) is 37.2 Å². The number of anilines is 1. The summed E-state index contributed by atoms with van der Waals surface area (Å²) in [5.74, 6) is 0.773. The number of aryl methyl sites for hydroxylation is 1. The predicted octanol–water partition coefficient (Wildman–Crippen LogP) is 4.08. The van der Waals surface area contributed by atoms with Crippen LogP contribution in [0.3, 0.4) is 0 Å². The quantitative estimate of drug-likeness (QED) is 0.905. The summed E-state index contributed by atoms with van der Waals surface area (Å²) in [7, 11) is 0. The fourth-order valence-electron chi connectivity index (χ4n) is 2.98. The lowest BCUT2D eigenvalue weighted by Crippen LogP contribution is -2.45. The number of piperidine rings is 1. The molecule has 1 saturated heterocycles. The molecule has 0 aliphatic carbocycles. The van der Waals surface area contributed by atoms with E-state index >= 15 is 0 Å². The van der Waals surface area contributed by atoms with Crippen molar-refractivity contribution in [2.24, 2.45) is 5.92 Å². The lowest BCUT2D eigenvalue weighted by atomic mass is 9.94. The molecule has 3 nitrogen and oxygen atoms in total. The first-order valence-electron chi connectivity index (χ1n) is 8.18. The smallest absolute Gasteiger partial charge is 0.256 e. The molecule has 0 bridgehead atoms. The Morgan fingerprint density at radius 2 is 2.10 bits per heavy atom. The zero-order valence-electron chi connectivity index (χ0n) is 13.8. The minimum Gasteiger partial charge on any atom is -0.384 e. The van der Waals surface area contributed by atoms with Crippen molar-refractivity contribution >= 4 is 11.6 Å². The summed E-state index contributed by atoms with van der Waals surface area (Å²) >= 11 is 0. The zero-order chi connectivity index (χ0) is 15.4. The Hall–Kier alpha value is -1.51. The predicted molar refractivity (Wildman–Crippen MR) is 88.9 cm³/mol. The summed E-state index contributed by atoms with van der Waals surface area (Å²) in [5, 5.41) is 3.40. The van der Waals surface area contributed by atoms with Crippen LogP contribution in [0.1, 0.15) is 56.0 Å². The summed E-state index contributed by atoms with van der Waals surface area (Å²) in [5.41, 5.74) is 2.98. The van der Waals surface area contributed by atoms with Gasteiger partial charge in [-0.1, -0.05) is 19.9 Å². The second-order valence-corrected chi connectivity index (χ2v) is 6.46. The van der Waals surface area contributed by atoms with Crippen LogP contribution in [0.5, 0.6) is 0 Å². The summed E-state index contributed by atoms with van der Waals surface area (Å²) < 4.78 is 0. The Morgan fingerprint density at radius 1 is 1.33 bits per heavy atom. The maximum atomic E-state index is 12.9. The van der Waals surface area contributed by atoms with Crippen molar-refractivity contribution in [1.82, 2.24) is 4.90 Å². The maximum absolute atomic E-state index is 12.9. The molecule has 1 aromatic rings. The first-order valence-corrected chi connectivity index (χ1v) is 8.18. The molecule has 0 radical (unpaired) electrons. The van der Waals surface area contributed by atoms with Gasteiger partial charge in [-0.25, -0.2) is 0 Å². The third-order valence-corrected chi connectivity index (χ3v) is 4.35. The molecule has 1 aliphatic heterocycles. The number of hydrogen-bond acceptors (Lipinski definition) is 2. The van der Waals surface area contributed by atoms with Crippen LogP contribution >= 0.6 is 0 Å². The lowest BCUT2D eigenvalue weighted by molar-refractivity contribution is 0.0575. The van der Waals surface area contributed by atoms with Gasteiger partial charge in [0.1, 0.15) is 0 Å². The van der Waals surface area contributed by atoms with Gasteiger partial charge in [-0.15, -0.1) is 0 Å². The van der Waals surface area contributed by atoms with Gasteiger partial charge in [0, 0.05) is 24.8 Å². The summed E-state index contributed by atoms with van der Waals surface area (Å²) in [6.45, 7) is 10.4. The van der Waals surface area contributed by atoms with Crippen LogP contribution in [0.2, 0.25) is 0 Å². The van der Waals surface area contributed by atoms with Gasteiger partial charge in [-0.05, 0) is 56.7 Å². The van der Waals surface area contributed by atoms with Crippen molar-refractivity contribution in [1.29, 1.82) is 0 Å². The van der Waals surface area contributed by atoms with E-state index in [1.54, 1.807) is 0 Å². The monoisotopic (exact) mass is 288 g/mol. The molecule has 21 heavy (non-hydrogen) atoms. The largest absolute Gasteiger partial charge is 0.384 e. The molecule has 0 aromatic heterocycles. The Balaban J connectivity index is 2.25. The molecule has 116 valence electrons. The molecule has 3 heteroatoms. The summed E-state index contributed by atoms with van der Waals surface area (Å²) in [4.78, 5) is 15.0. The van der Waals surface area contributed by atoms with Gasteiger partial charge in [-0.2, -0.15) is 0 Å². The Kier molecular flexibility index (Phi) is 5.27. The Labute approximate surface area is 128 Å². The molecule has 1 fully saturated rings. The number of nitrogens with zero attached hydrogens (tertiary/aromatic N) is 1. The molecule has 0 saturated carbocycles. The summed E-state index contributed by atoms with van der Waals surface area (Å²) in [6.07, 6.45) is 3.38. The highest BCUT2D eigenvalue weighted by molar-refractivity contribution is 6.00. The molecule has 2 unspecified atom stereocenters. The van der Waals surface area contributed by atoms with Crippen LogP contribution < -0.4 is 5.32 Å². The SMILES string of the molecule is CCCNc1cc(C)ccc1C(=O)N1CC(C)CCC1C. The molecule has 1 heterocycles. The van der Waals surface area contributed by atoms with Crippen LogP contribution in [0.15, 0.2) is 18.2 Å². The summed E-state index contributed by atoms with van der Waals surface area (Å²) in [6, 6.07) is 6.43. The van der Waals surface area contributed by atoms with E-state index in [9.17, 15) is 4.79 Å². The standard InChI is InChI=1S/C18H28N2O/c1-5-10-19-17-11-13(2)7-9-16(17)18(21)20-12-14(3)6-8-15(20)4/h7,9,11,14-15,19H,5-6,8,10,12H2,1-4H3. The minimum absolute atomic E-state index is 0.174. The molecule has 1 amide bonds. The molecule has 1 N–H and O–H groups in total. The van der Waals surface area contributed by atoms with Crippen molar-refractivity contribution in [3.8, 4) is 0 Å². The van der Waals surface area contributed by atoms with E-state index in [2.05, 4.69) is 44.0 Å². The number of amides is 1. The number of nitrogens with one attached hydrogen (secondary N) is 1. The normalized spacial score (nSPS) is 22.2. The van der Waals surface area contributed by atoms with Gasteiger partial charge in [0.15, 0.2) is 0 Å². The molecule has 0 spiro atoms. The molecular formula is C18H28N2O. The maximum Gasteiger partial charge on any atom is 0.256 e. The van der Waals surface area contributed by atoms with Crippen LogP contribution in [0.25, 0.3) is 0 Å². The average molecular weight is 288 g/mol. The number of carbonyl (C=O) groups excluding carboxylic acids is 1. The third-order valence-electron chi connectivity index (χ3n) is 4.35. The first-order chi connectivity index (χ1) is 10.0. The highest BCUT2D eigenvalue weighted by Gasteiger charge is 2.28. The Bertz CT molecular complexity index is 498. The van der Waals surface area contributed by atoms with Crippen LogP contribution in [-0.2, 0) is 0 Å². The topological polar surface area (TPSA) is 32.3 Å². The van der Waals surface area contributed by atoms with E-state index in [0.29, 0.717) is 12.0 Å². The van der Waals surface area contributed by atoms with Gasteiger partial charge in [0.2, 0.25) is 0 Å². The van der Waals surface area contributed by atoms with Crippen LogP contribution in [0.4, 0.5) is 5.69 Å². The van der Waals surface area contributed by atoms with E-state index in [1.807, 2.05) is 12.1 Å². The molecular weight excluding hydrogens is 260 g/mol. The van der Waals surface area contributed by atoms with E-state index in [4.69, 9.17) is 0 Å². The first kappa shape index (κ1) is 15.9. The van der Waals surface area contributed by atoms with E-state index in [-0.39, 0.29) is 5.91 Å². The number of benzene rings is 1. The van der Waals surface area contributed by atoms with Gasteiger partial charge >= 0.3 is 0 Å². The van der Waals surface area contributed by atoms with Crippen LogP contribution in [-0.4, -0.2) is 29.9 Å². The molecule has 1 aromatic carbocycles. The zero-order valence-corrected chi connectivity index (χ0v) is 13.8. The van der Waals surface area contributed by atoms with Gasteiger partial charge < -0.3 is 10.2 Å². The third kappa shape index (κ3) is 3.78. The molecule has 2 atom stereocenters. The minimum atomic E-state index is 0.174. The highest BCUT2D eigenvalue weighted by atomic mass is 16.2. The molecule has 1 aliphatic rings.